The zero-order valence-corrected chi connectivity index (χ0v) is 10.8. The second kappa shape index (κ2) is 4.17. The molecule has 0 amide bonds. The Morgan fingerprint density at radius 2 is 2.06 bits per heavy atom. The van der Waals surface area contributed by atoms with Crippen LogP contribution in [0.5, 0.6) is 0 Å². The fourth-order valence-electron chi connectivity index (χ4n) is 1.90. The molecule has 3 rings (SSSR count). The summed E-state index contributed by atoms with van der Waals surface area (Å²) in [4.78, 5) is 15.7. The largest absolute Gasteiger partial charge is 0.431 e. The summed E-state index contributed by atoms with van der Waals surface area (Å²) in [5, 5.41) is 1.53. The number of aryl methyl sites for hydroxylation is 1. The van der Waals surface area contributed by atoms with E-state index in [1.165, 1.54) is 6.07 Å². The summed E-state index contributed by atoms with van der Waals surface area (Å²) >= 11 is 1.54. The van der Waals surface area contributed by atoms with E-state index in [0.29, 0.717) is 16.4 Å². The first kappa shape index (κ1) is 11.3. The number of nitrogens with zero attached hydrogens (tertiary/aromatic N) is 1. The van der Waals surface area contributed by atoms with Crippen LogP contribution in [0.2, 0.25) is 0 Å². The molecule has 0 fully saturated rings. The van der Waals surface area contributed by atoms with Gasteiger partial charge in [0.2, 0.25) is 0 Å². The van der Waals surface area contributed by atoms with Crippen LogP contribution in [0.25, 0.3) is 22.1 Å². The molecule has 4 nitrogen and oxygen atoms in total. The summed E-state index contributed by atoms with van der Waals surface area (Å²) in [6.07, 6.45) is 0. The molecule has 2 heterocycles. The van der Waals surface area contributed by atoms with Crippen molar-refractivity contribution < 1.29 is 8.83 Å². The van der Waals surface area contributed by atoms with Crippen molar-refractivity contribution in [2.45, 2.75) is 19.1 Å². The molecule has 0 unspecified atom stereocenters. The molecule has 0 atom stereocenters. The Labute approximate surface area is 107 Å². The van der Waals surface area contributed by atoms with Crippen LogP contribution in [0.1, 0.15) is 12.5 Å². The van der Waals surface area contributed by atoms with E-state index in [1.807, 2.05) is 19.9 Å². The third kappa shape index (κ3) is 1.80. The maximum Gasteiger partial charge on any atom is 0.336 e. The number of aromatic nitrogens is 1. The Bertz CT molecular complexity index is 788. The van der Waals surface area contributed by atoms with Crippen molar-refractivity contribution in [2.24, 2.45) is 0 Å². The van der Waals surface area contributed by atoms with Gasteiger partial charge in [-0.1, -0.05) is 18.7 Å². The van der Waals surface area contributed by atoms with Gasteiger partial charge in [-0.25, -0.2) is 9.78 Å². The number of hydrogen-bond acceptors (Lipinski definition) is 5. The van der Waals surface area contributed by atoms with E-state index in [2.05, 4.69) is 4.98 Å². The van der Waals surface area contributed by atoms with Crippen LogP contribution in [0, 0.1) is 6.92 Å². The molecule has 0 aliphatic carbocycles. The van der Waals surface area contributed by atoms with Gasteiger partial charge in [-0.3, -0.25) is 0 Å². The van der Waals surface area contributed by atoms with Crippen molar-refractivity contribution in [3.8, 4) is 0 Å². The minimum Gasteiger partial charge on any atom is -0.431 e. The van der Waals surface area contributed by atoms with Gasteiger partial charge in [0.25, 0.3) is 5.22 Å². The van der Waals surface area contributed by atoms with Crippen LogP contribution in [0.15, 0.2) is 37.1 Å². The van der Waals surface area contributed by atoms with Gasteiger partial charge in [-0.2, -0.15) is 0 Å². The Morgan fingerprint density at radius 3 is 2.83 bits per heavy atom. The molecule has 0 aliphatic rings. The van der Waals surface area contributed by atoms with Gasteiger partial charge in [0.15, 0.2) is 5.58 Å². The van der Waals surface area contributed by atoms with Crippen molar-refractivity contribution in [3.63, 3.8) is 0 Å². The molecular formula is C13H11NO3S. The maximum absolute atomic E-state index is 11.3. The number of thioether (sulfide) groups is 1. The Balaban J connectivity index is 2.33. The Morgan fingerprint density at radius 1 is 1.22 bits per heavy atom. The SMILES string of the molecule is CCSc1nc2cc3c(C)cc(=O)oc3cc2o1. The molecule has 0 saturated heterocycles. The molecule has 3 aromatic rings. The number of hydrogen-bond donors (Lipinski definition) is 0. The van der Waals surface area contributed by atoms with E-state index in [9.17, 15) is 4.79 Å². The second-order valence-corrected chi connectivity index (χ2v) is 5.19. The van der Waals surface area contributed by atoms with Crippen molar-refractivity contribution in [3.05, 3.63) is 34.2 Å². The lowest BCUT2D eigenvalue weighted by atomic mass is 10.1. The van der Waals surface area contributed by atoms with Crippen LogP contribution in [-0.2, 0) is 0 Å². The summed E-state index contributed by atoms with van der Waals surface area (Å²) in [6, 6.07) is 5.11. The predicted molar refractivity (Wildman–Crippen MR) is 71.2 cm³/mol. The van der Waals surface area contributed by atoms with Crippen molar-refractivity contribution in [2.75, 3.05) is 5.75 Å². The van der Waals surface area contributed by atoms with E-state index in [0.717, 1.165) is 22.2 Å². The second-order valence-electron chi connectivity index (χ2n) is 3.98. The van der Waals surface area contributed by atoms with E-state index < -0.39 is 0 Å². The minimum atomic E-state index is -0.345. The first-order valence-corrected chi connectivity index (χ1v) is 6.64. The third-order valence-corrected chi connectivity index (χ3v) is 3.42. The van der Waals surface area contributed by atoms with Gasteiger partial charge in [0, 0.05) is 17.5 Å². The molecule has 0 spiro atoms. The van der Waals surface area contributed by atoms with Gasteiger partial charge in [-0.05, 0) is 24.3 Å². The molecule has 5 heteroatoms. The van der Waals surface area contributed by atoms with Crippen molar-refractivity contribution >= 4 is 33.8 Å². The molecule has 1 aromatic carbocycles. The highest BCUT2D eigenvalue weighted by atomic mass is 32.2. The summed E-state index contributed by atoms with van der Waals surface area (Å²) < 4.78 is 10.8. The first-order chi connectivity index (χ1) is 8.67. The maximum atomic E-state index is 11.3. The predicted octanol–water partition coefficient (Wildman–Crippen LogP) is 3.35. The van der Waals surface area contributed by atoms with Crippen LogP contribution >= 0.6 is 11.8 Å². The molecule has 0 bridgehead atoms. The van der Waals surface area contributed by atoms with E-state index in [-0.39, 0.29) is 5.63 Å². The van der Waals surface area contributed by atoms with Crippen LogP contribution in [0.4, 0.5) is 0 Å². The van der Waals surface area contributed by atoms with Gasteiger partial charge < -0.3 is 8.83 Å². The fraction of sp³-hybridized carbons (Fsp3) is 0.231. The third-order valence-electron chi connectivity index (χ3n) is 2.71. The Hall–Kier alpha value is -1.75. The lowest BCUT2D eigenvalue weighted by molar-refractivity contribution is 0.489. The summed E-state index contributed by atoms with van der Waals surface area (Å²) in [6.45, 7) is 3.92. The zero-order valence-electron chi connectivity index (χ0n) is 10.0. The fourth-order valence-corrected chi connectivity index (χ4v) is 2.46. The Kier molecular flexibility index (Phi) is 2.63. The van der Waals surface area contributed by atoms with Crippen molar-refractivity contribution in [1.82, 2.24) is 4.98 Å². The van der Waals surface area contributed by atoms with Crippen LogP contribution in [-0.4, -0.2) is 10.7 Å². The molecule has 0 saturated carbocycles. The molecule has 0 radical (unpaired) electrons. The van der Waals surface area contributed by atoms with Gasteiger partial charge in [-0.15, -0.1) is 0 Å². The smallest absolute Gasteiger partial charge is 0.336 e. The van der Waals surface area contributed by atoms with Crippen molar-refractivity contribution in [1.29, 1.82) is 0 Å². The first-order valence-electron chi connectivity index (χ1n) is 5.65. The number of benzene rings is 1. The molecular weight excluding hydrogens is 250 g/mol. The van der Waals surface area contributed by atoms with Gasteiger partial charge in [0.05, 0.1) is 0 Å². The number of rotatable bonds is 2. The molecule has 0 N–H and O–H groups in total. The minimum absolute atomic E-state index is 0.345. The van der Waals surface area contributed by atoms with Gasteiger partial charge >= 0.3 is 5.63 Å². The van der Waals surface area contributed by atoms with Crippen LogP contribution in [0.3, 0.4) is 0 Å². The quantitative estimate of drug-likeness (QED) is 0.523. The molecule has 92 valence electrons. The monoisotopic (exact) mass is 261 g/mol. The highest BCUT2D eigenvalue weighted by Gasteiger charge is 2.10. The van der Waals surface area contributed by atoms with Gasteiger partial charge in [0.1, 0.15) is 11.1 Å². The molecule has 0 aliphatic heterocycles. The van der Waals surface area contributed by atoms with E-state index in [1.54, 1.807) is 17.8 Å². The highest BCUT2D eigenvalue weighted by Crippen LogP contribution is 2.27. The van der Waals surface area contributed by atoms with E-state index >= 15 is 0 Å². The summed E-state index contributed by atoms with van der Waals surface area (Å²) in [5.74, 6) is 0.903. The molecule has 18 heavy (non-hydrogen) atoms. The zero-order chi connectivity index (χ0) is 12.7. The van der Waals surface area contributed by atoms with E-state index in [4.69, 9.17) is 8.83 Å². The standard InChI is InChI=1S/C13H11NO3S/c1-3-18-13-14-9-5-8-7(2)4-12(15)16-10(8)6-11(9)17-13/h4-6H,3H2,1-2H3. The lowest BCUT2D eigenvalue weighted by Gasteiger charge is -1.98. The summed E-state index contributed by atoms with van der Waals surface area (Å²) in [5.41, 5.74) is 2.51. The van der Waals surface area contributed by atoms with Crippen LogP contribution < -0.4 is 5.63 Å². The normalized spacial score (nSPS) is 11.4. The number of fused-ring (bicyclic) bond motifs is 2. The number of oxazole rings is 1. The molecule has 2 aromatic heterocycles. The summed E-state index contributed by atoms with van der Waals surface area (Å²) in [7, 11) is 0. The lowest BCUT2D eigenvalue weighted by Crippen LogP contribution is -1.97. The topological polar surface area (TPSA) is 56.2 Å². The average molecular weight is 261 g/mol. The highest BCUT2D eigenvalue weighted by molar-refractivity contribution is 7.99. The average Bonchev–Trinajstić information content (AvgIpc) is 2.68.